The Morgan fingerprint density at radius 1 is 1.05 bits per heavy atom. The van der Waals surface area contributed by atoms with Gasteiger partial charge in [0.25, 0.3) is 10.1 Å². The Hall–Kier alpha value is -0.770. The third-order valence-corrected chi connectivity index (χ3v) is 3.95. The molecule has 0 bridgehead atoms. The van der Waals surface area contributed by atoms with Crippen LogP contribution in [0.5, 0.6) is 0 Å². The van der Waals surface area contributed by atoms with Crippen molar-refractivity contribution in [2.45, 2.75) is 4.90 Å². The normalized spacial score (nSPS) is 11.3. The van der Waals surface area contributed by atoms with E-state index in [-0.39, 0.29) is 35.9 Å². The Morgan fingerprint density at radius 2 is 1.57 bits per heavy atom. The van der Waals surface area contributed by atoms with Crippen molar-refractivity contribution >= 4 is 43.1 Å². The molecule has 0 saturated carbocycles. The minimum Gasteiger partial charge on any atom is -1.00 e. The van der Waals surface area contributed by atoms with Gasteiger partial charge in [-0.2, -0.15) is 18.6 Å². The molecule has 21 heavy (non-hydrogen) atoms. The maximum absolute atomic E-state index is 10.9. The largest absolute Gasteiger partial charge is 1.00 e. The van der Waals surface area contributed by atoms with Crippen LogP contribution >= 0.6 is 15.9 Å². The van der Waals surface area contributed by atoms with Gasteiger partial charge < -0.3 is 7.16 Å². The molecule has 0 unspecified atom stereocenters. The summed E-state index contributed by atoms with van der Waals surface area (Å²) in [6, 6.07) is 10.5. The third-order valence-electron chi connectivity index (χ3n) is 2.40. The third kappa shape index (κ3) is 5.17. The molecule has 106 valence electrons. The van der Waals surface area contributed by atoms with Crippen LogP contribution in [0.3, 0.4) is 0 Å². The number of azo groups is 1. The minimum absolute atomic E-state index is 0. The van der Waals surface area contributed by atoms with E-state index in [1.54, 1.807) is 18.2 Å². The summed E-state index contributed by atoms with van der Waals surface area (Å²) in [5, 5.41) is 7.96. The fourth-order valence-electron chi connectivity index (χ4n) is 1.38. The number of benzene rings is 2. The Bertz CT molecular complexity index is 770. The molecule has 0 heterocycles. The molecule has 0 amide bonds. The van der Waals surface area contributed by atoms with E-state index in [1.807, 2.05) is 0 Å². The molecule has 0 radical (unpaired) electrons. The van der Waals surface area contributed by atoms with Gasteiger partial charge >= 0.3 is 29.6 Å². The number of hydrogen-bond donors (Lipinski definition) is 2. The van der Waals surface area contributed by atoms with E-state index in [0.717, 1.165) is 4.47 Å². The summed E-state index contributed by atoms with van der Waals surface area (Å²) in [7, 11) is -4.19. The second-order valence-corrected chi connectivity index (χ2v) is 6.15. The molecule has 2 aromatic rings. The molecule has 0 aliphatic rings. The first-order chi connectivity index (χ1) is 9.36. The molecular weight excluding hydrogens is 369 g/mol. The standard InChI is InChI=1S/C12H10BrN3O3S.Na.H/c13-11-7-9(3-6-12(11)14)16-15-8-1-4-10(5-2-8)20(17,18)19;;/h1-7H,14H2,(H,17,18,19);;/q;+1;-1. The molecule has 6 nitrogen and oxygen atoms in total. The summed E-state index contributed by atoms with van der Waals surface area (Å²) in [4.78, 5) is -0.188. The minimum atomic E-state index is -4.19. The van der Waals surface area contributed by atoms with Gasteiger partial charge in [0.2, 0.25) is 0 Å². The van der Waals surface area contributed by atoms with E-state index >= 15 is 0 Å². The molecule has 3 N–H and O–H groups in total. The fourth-order valence-corrected chi connectivity index (χ4v) is 2.23. The Kier molecular flexibility index (Phi) is 6.51. The number of halogens is 1. The molecule has 2 rings (SSSR count). The molecule has 0 fully saturated rings. The van der Waals surface area contributed by atoms with Gasteiger partial charge in [0, 0.05) is 10.2 Å². The molecule has 0 spiro atoms. The quantitative estimate of drug-likeness (QED) is 0.356. The first-order valence-electron chi connectivity index (χ1n) is 5.40. The van der Waals surface area contributed by atoms with Gasteiger partial charge in [-0.1, -0.05) is 0 Å². The zero-order chi connectivity index (χ0) is 14.8. The van der Waals surface area contributed by atoms with Gasteiger partial charge in [0.05, 0.1) is 16.3 Å². The topological polar surface area (TPSA) is 105 Å². The van der Waals surface area contributed by atoms with Crippen molar-refractivity contribution in [1.29, 1.82) is 0 Å². The van der Waals surface area contributed by atoms with E-state index in [9.17, 15) is 8.42 Å². The smallest absolute Gasteiger partial charge is 1.00 e. The molecule has 0 saturated heterocycles. The van der Waals surface area contributed by atoms with Gasteiger partial charge in [-0.15, -0.1) is 0 Å². The van der Waals surface area contributed by atoms with Crippen LogP contribution in [0.2, 0.25) is 0 Å². The van der Waals surface area contributed by atoms with Gasteiger partial charge in [-0.25, -0.2) is 0 Å². The van der Waals surface area contributed by atoms with E-state index in [4.69, 9.17) is 10.3 Å². The van der Waals surface area contributed by atoms with Crippen molar-refractivity contribution in [3.05, 3.63) is 46.9 Å². The predicted octanol–water partition coefficient (Wildman–Crippen LogP) is 0.810. The van der Waals surface area contributed by atoms with Gasteiger partial charge in [-0.3, -0.25) is 4.55 Å². The average Bonchev–Trinajstić information content (AvgIpc) is 2.40. The molecule has 0 aromatic heterocycles. The van der Waals surface area contributed by atoms with Gasteiger partial charge in [0.15, 0.2) is 0 Å². The maximum Gasteiger partial charge on any atom is 1.00 e. The van der Waals surface area contributed by atoms with E-state index in [2.05, 4.69) is 26.2 Å². The van der Waals surface area contributed by atoms with Crippen molar-refractivity contribution in [3.63, 3.8) is 0 Å². The summed E-state index contributed by atoms with van der Waals surface area (Å²) in [6.45, 7) is 0. The van der Waals surface area contributed by atoms with Crippen LogP contribution in [0.1, 0.15) is 1.43 Å². The molecule has 2 aromatic carbocycles. The van der Waals surface area contributed by atoms with Crippen LogP contribution in [0, 0.1) is 0 Å². The van der Waals surface area contributed by atoms with Crippen LogP contribution in [-0.2, 0) is 10.1 Å². The summed E-state index contributed by atoms with van der Waals surface area (Å²) in [6.07, 6.45) is 0. The van der Waals surface area contributed by atoms with E-state index in [1.165, 1.54) is 24.3 Å². The maximum atomic E-state index is 10.9. The van der Waals surface area contributed by atoms with Crippen LogP contribution in [0.4, 0.5) is 17.1 Å². The predicted molar refractivity (Wildman–Crippen MR) is 80.1 cm³/mol. The first-order valence-corrected chi connectivity index (χ1v) is 7.64. The molecule has 0 aliphatic carbocycles. The van der Waals surface area contributed by atoms with Crippen molar-refractivity contribution < 1.29 is 44.0 Å². The number of rotatable bonds is 3. The molecule has 0 atom stereocenters. The van der Waals surface area contributed by atoms with E-state index < -0.39 is 10.1 Å². The van der Waals surface area contributed by atoms with Gasteiger partial charge in [0.1, 0.15) is 0 Å². The SMILES string of the molecule is Nc1ccc(N=Nc2ccc(S(=O)(=O)O)cc2)cc1Br.[H-].[Na+]. The monoisotopic (exact) mass is 379 g/mol. The zero-order valence-corrected chi connectivity index (χ0v) is 15.5. The van der Waals surface area contributed by atoms with Gasteiger partial charge in [-0.05, 0) is 58.4 Å². The Balaban J connectivity index is 0.00000220. The molecule has 9 heteroatoms. The second kappa shape index (κ2) is 7.48. The van der Waals surface area contributed by atoms with Crippen LogP contribution in [-0.4, -0.2) is 13.0 Å². The molecular formula is C12H11BrN3NaO3S. The summed E-state index contributed by atoms with van der Waals surface area (Å²) in [5.41, 5.74) is 7.32. The zero-order valence-electron chi connectivity index (χ0n) is 12.1. The van der Waals surface area contributed by atoms with Crippen LogP contribution in [0.15, 0.2) is 62.1 Å². The number of anilines is 1. The van der Waals surface area contributed by atoms with Crippen molar-refractivity contribution in [2.75, 3.05) is 5.73 Å². The molecule has 0 aliphatic heterocycles. The Labute approximate surface area is 154 Å². The number of nitrogens with zero attached hydrogens (tertiary/aromatic N) is 2. The number of hydrogen-bond acceptors (Lipinski definition) is 5. The Morgan fingerprint density at radius 3 is 2.10 bits per heavy atom. The van der Waals surface area contributed by atoms with Crippen molar-refractivity contribution in [3.8, 4) is 0 Å². The van der Waals surface area contributed by atoms with Crippen molar-refractivity contribution in [1.82, 2.24) is 0 Å². The summed E-state index contributed by atoms with van der Waals surface area (Å²) >= 11 is 3.28. The fraction of sp³-hybridized carbons (Fsp3) is 0. The summed E-state index contributed by atoms with van der Waals surface area (Å²) < 4.78 is 31.3. The van der Waals surface area contributed by atoms with Crippen LogP contribution < -0.4 is 35.3 Å². The second-order valence-electron chi connectivity index (χ2n) is 3.87. The number of nitrogen functional groups attached to an aromatic ring is 1. The van der Waals surface area contributed by atoms with E-state index in [0.29, 0.717) is 17.1 Å². The summed E-state index contributed by atoms with van der Waals surface area (Å²) in [5.74, 6) is 0. The number of nitrogens with two attached hydrogens (primary N) is 1. The van der Waals surface area contributed by atoms with Crippen LogP contribution in [0.25, 0.3) is 0 Å². The average molecular weight is 380 g/mol. The first kappa shape index (κ1) is 18.3. The van der Waals surface area contributed by atoms with Crippen molar-refractivity contribution in [2.24, 2.45) is 10.2 Å².